The minimum absolute atomic E-state index is 0.0174. The molecule has 0 saturated carbocycles. The minimum atomic E-state index is -1.22. The van der Waals surface area contributed by atoms with Crippen molar-refractivity contribution in [2.75, 3.05) is 0 Å². The Bertz CT molecular complexity index is 1290. The van der Waals surface area contributed by atoms with Crippen LogP contribution in [0, 0.1) is 0 Å². The number of ether oxygens (including phenoxy) is 2. The monoisotopic (exact) mass is 554 g/mol. The van der Waals surface area contributed by atoms with Crippen molar-refractivity contribution in [1.29, 1.82) is 0 Å². The first-order valence-electron chi connectivity index (χ1n) is 13.8. The molecule has 0 fully saturated rings. The van der Waals surface area contributed by atoms with E-state index in [9.17, 15) is 19.5 Å². The van der Waals surface area contributed by atoms with E-state index in [0.717, 1.165) is 32.1 Å². The van der Waals surface area contributed by atoms with Crippen LogP contribution in [0.15, 0.2) is 121 Å². The highest BCUT2D eigenvalue weighted by Crippen LogP contribution is 2.23. The van der Waals surface area contributed by atoms with Gasteiger partial charge in [-0.2, -0.15) is 0 Å². The van der Waals surface area contributed by atoms with Crippen LogP contribution in [0.2, 0.25) is 0 Å². The lowest BCUT2D eigenvalue weighted by molar-refractivity contribution is -0.133. The molecule has 2 rings (SSSR count). The van der Waals surface area contributed by atoms with Crippen molar-refractivity contribution < 1.29 is 29.0 Å². The Hall–Kier alpha value is -4.71. The summed E-state index contributed by atoms with van der Waals surface area (Å²) in [6, 6.07) is 12.0. The molecule has 41 heavy (non-hydrogen) atoms. The Morgan fingerprint density at radius 3 is 1.49 bits per heavy atom. The number of aromatic carboxylic acids is 1. The zero-order valence-electron chi connectivity index (χ0n) is 23.5. The van der Waals surface area contributed by atoms with Gasteiger partial charge in [0.1, 0.15) is 22.6 Å². The predicted octanol–water partition coefficient (Wildman–Crippen LogP) is 8.60. The molecule has 6 nitrogen and oxygen atoms in total. The number of carbonyl (C=O) groups excluding carboxylic acids is 2. The molecule has 0 aliphatic rings. The molecule has 6 heteroatoms. The quantitative estimate of drug-likeness (QED) is 0.120. The van der Waals surface area contributed by atoms with E-state index in [2.05, 4.69) is 61.6 Å². The SMILES string of the molecule is CC/C=C\C/C=C\C/C=C\C/C=C\C/C=C\C/C=C\CC(=O)Oc1ccccc1C(=O)Oc1ccccc1C(=O)O. The lowest BCUT2D eigenvalue weighted by Crippen LogP contribution is -2.15. The summed E-state index contributed by atoms with van der Waals surface area (Å²) in [4.78, 5) is 36.4. The first-order valence-corrected chi connectivity index (χ1v) is 13.8. The van der Waals surface area contributed by atoms with Gasteiger partial charge in [-0.25, -0.2) is 9.59 Å². The number of carbonyl (C=O) groups is 3. The van der Waals surface area contributed by atoms with Gasteiger partial charge in [0, 0.05) is 0 Å². The Kier molecular flexibility index (Phi) is 16.0. The molecule has 0 amide bonds. The number of benzene rings is 2. The zero-order chi connectivity index (χ0) is 29.5. The van der Waals surface area contributed by atoms with Gasteiger partial charge < -0.3 is 14.6 Å². The van der Waals surface area contributed by atoms with Crippen LogP contribution >= 0.6 is 0 Å². The van der Waals surface area contributed by atoms with Gasteiger partial charge in [-0.05, 0) is 62.8 Å². The molecule has 0 spiro atoms. The number of rotatable bonds is 17. The van der Waals surface area contributed by atoms with Crippen LogP contribution in [0.4, 0.5) is 0 Å². The lowest BCUT2D eigenvalue weighted by Gasteiger charge is -2.10. The van der Waals surface area contributed by atoms with Crippen LogP contribution in [0.5, 0.6) is 11.5 Å². The molecular formula is C35H38O6. The molecule has 0 aromatic heterocycles. The molecular weight excluding hydrogens is 516 g/mol. The maximum absolute atomic E-state index is 12.7. The summed E-state index contributed by atoms with van der Waals surface area (Å²) in [7, 11) is 0. The van der Waals surface area contributed by atoms with Crippen molar-refractivity contribution in [3.8, 4) is 11.5 Å². The van der Waals surface area contributed by atoms with Crippen LogP contribution in [0.1, 0.15) is 72.6 Å². The molecule has 0 saturated heterocycles. The maximum atomic E-state index is 12.7. The molecule has 0 bridgehead atoms. The first-order chi connectivity index (χ1) is 20.0. The normalized spacial score (nSPS) is 12.0. The Labute approximate surface area is 242 Å². The third kappa shape index (κ3) is 13.8. The van der Waals surface area contributed by atoms with Crippen molar-refractivity contribution in [2.24, 2.45) is 0 Å². The Morgan fingerprint density at radius 1 is 0.585 bits per heavy atom. The maximum Gasteiger partial charge on any atom is 0.347 e. The summed E-state index contributed by atoms with van der Waals surface area (Å²) in [5.74, 6) is -2.62. The number of hydrogen-bond donors (Lipinski definition) is 1. The van der Waals surface area contributed by atoms with E-state index in [1.165, 1.54) is 30.3 Å². The highest BCUT2D eigenvalue weighted by molar-refractivity contribution is 5.97. The number of para-hydroxylation sites is 2. The number of carboxylic acids is 1. The first kappa shape index (κ1) is 32.5. The standard InChI is InChI=1S/C35H38O6/c1-2-3-4-5-6-7-8-9-10-11-12-13-14-15-16-17-18-19-28-33(36)40-32-27-23-21-25-30(32)35(39)41-31-26-22-20-24-29(31)34(37)38/h3-4,6-7,9-10,12-13,15-16,18-27H,2,5,8,11,14,17,28H2,1H3,(H,37,38)/b4-3-,7-6-,10-9-,13-12-,16-15-,19-18-. The highest BCUT2D eigenvalue weighted by Gasteiger charge is 2.19. The molecule has 0 heterocycles. The average molecular weight is 555 g/mol. The molecule has 0 unspecified atom stereocenters. The molecule has 1 N–H and O–H groups in total. The highest BCUT2D eigenvalue weighted by atomic mass is 16.6. The smallest absolute Gasteiger partial charge is 0.347 e. The van der Waals surface area contributed by atoms with E-state index in [1.54, 1.807) is 24.3 Å². The average Bonchev–Trinajstić information content (AvgIpc) is 2.97. The minimum Gasteiger partial charge on any atom is -0.478 e. The fraction of sp³-hybridized carbons (Fsp3) is 0.229. The number of esters is 2. The molecule has 0 radical (unpaired) electrons. The molecule has 2 aromatic carbocycles. The summed E-state index contributed by atoms with van der Waals surface area (Å²) in [5, 5.41) is 9.29. The van der Waals surface area contributed by atoms with Crippen LogP contribution < -0.4 is 9.47 Å². The van der Waals surface area contributed by atoms with E-state index >= 15 is 0 Å². The fourth-order valence-corrected chi connectivity index (χ4v) is 3.48. The lowest BCUT2D eigenvalue weighted by atomic mass is 10.2. The molecule has 0 aliphatic heterocycles. The fourth-order valence-electron chi connectivity index (χ4n) is 3.48. The van der Waals surface area contributed by atoms with Gasteiger partial charge in [0.05, 0.1) is 6.42 Å². The van der Waals surface area contributed by atoms with E-state index in [-0.39, 0.29) is 29.0 Å². The van der Waals surface area contributed by atoms with Gasteiger partial charge in [-0.15, -0.1) is 0 Å². The molecule has 0 aliphatic carbocycles. The number of hydrogen-bond acceptors (Lipinski definition) is 5. The van der Waals surface area contributed by atoms with Gasteiger partial charge in [0.2, 0.25) is 0 Å². The van der Waals surface area contributed by atoms with Gasteiger partial charge >= 0.3 is 17.9 Å². The largest absolute Gasteiger partial charge is 0.478 e. The van der Waals surface area contributed by atoms with Gasteiger partial charge in [0.15, 0.2) is 0 Å². The van der Waals surface area contributed by atoms with Crippen molar-refractivity contribution in [1.82, 2.24) is 0 Å². The van der Waals surface area contributed by atoms with Crippen molar-refractivity contribution in [3.05, 3.63) is 133 Å². The van der Waals surface area contributed by atoms with E-state index in [0.29, 0.717) is 6.42 Å². The Balaban J connectivity index is 1.70. The zero-order valence-corrected chi connectivity index (χ0v) is 23.5. The van der Waals surface area contributed by atoms with E-state index in [1.807, 2.05) is 12.2 Å². The number of allylic oxidation sites excluding steroid dienone is 11. The number of carboxylic acid groups (broad SMARTS) is 1. The third-order valence-corrected chi connectivity index (χ3v) is 5.53. The van der Waals surface area contributed by atoms with Gasteiger partial charge in [-0.3, -0.25) is 4.79 Å². The van der Waals surface area contributed by atoms with Crippen LogP contribution in [0.25, 0.3) is 0 Å². The molecule has 2 aromatic rings. The summed E-state index contributed by atoms with van der Waals surface area (Å²) in [5.41, 5.74) is -0.128. The molecule has 0 atom stereocenters. The summed E-state index contributed by atoms with van der Waals surface area (Å²) < 4.78 is 10.6. The second kappa shape index (κ2) is 20.2. The molecule has 214 valence electrons. The van der Waals surface area contributed by atoms with Crippen LogP contribution in [0.3, 0.4) is 0 Å². The van der Waals surface area contributed by atoms with E-state index < -0.39 is 17.9 Å². The summed E-state index contributed by atoms with van der Waals surface area (Å²) in [6.45, 7) is 2.13. The summed E-state index contributed by atoms with van der Waals surface area (Å²) in [6.07, 6.45) is 30.5. The van der Waals surface area contributed by atoms with Crippen LogP contribution in [-0.4, -0.2) is 23.0 Å². The second-order valence-electron chi connectivity index (χ2n) is 8.78. The topological polar surface area (TPSA) is 89.9 Å². The second-order valence-corrected chi connectivity index (χ2v) is 8.78. The Morgan fingerprint density at radius 2 is 1.00 bits per heavy atom. The van der Waals surface area contributed by atoms with Crippen molar-refractivity contribution in [3.63, 3.8) is 0 Å². The van der Waals surface area contributed by atoms with Crippen molar-refractivity contribution in [2.45, 2.75) is 51.9 Å². The van der Waals surface area contributed by atoms with Crippen LogP contribution in [-0.2, 0) is 4.79 Å². The summed E-state index contributed by atoms with van der Waals surface area (Å²) >= 11 is 0. The van der Waals surface area contributed by atoms with Crippen molar-refractivity contribution >= 4 is 17.9 Å². The van der Waals surface area contributed by atoms with Gasteiger partial charge in [0.25, 0.3) is 0 Å². The van der Waals surface area contributed by atoms with E-state index in [4.69, 9.17) is 9.47 Å². The third-order valence-electron chi connectivity index (χ3n) is 5.53. The predicted molar refractivity (Wildman–Crippen MR) is 163 cm³/mol. The van der Waals surface area contributed by atoms with Gasteiger partial charge in [-0.1, -0.05) is 104 Å².